The Kier molecular flexibility index (Phi) is 5.99. The van der Waals surface area contributed by atoms with Gasteiger partial charge in [0.05, 0.1) is 11.3 Å². The van der Waals surface area contributed by atoms with Crippen LogP contribution in [0.4, 0.5) is 11.4 Å². The molecule has 0 radical (unpaired) electrons. The van der Waals surface area contributed by atoms with Gasteiger partial charge in [0.2, 0.25) is 0 Å². The van der Waals surface area contributed by atoms with Crippen molar-refractivity contribution in [3.63, 3.8) is 0 Å². The van der Waals surface area contributed by atoms with Gasteiger partial charge in [0.1, 0.15) is 16.5 Å². The number of aryl methyl sites for hydroxylation is 1. The van der Waals surface area contributed by atoms with E-state index in [2.05, 4.69) is 5.32 Å². The van der Waals surface area contributed by atoms with Crippen LogP contribution in [-0.4, -0.2) is 17.8 Å². The van der Waals surface area contributed by atoms with Crippen molar-refractivity contribution in [2.45, 2.75) is 6.92 Å². The highest BCUT2D eigenvalue weighted by molar-refractivity contribution is 6.53. The van der Waals surface area contributed by atoms with E-state index in [1.807, 2.05) is 6.92 Å². The normalized spacial score (nSPS) is 13.5. The lowest BCUT2D eigenvalue weighted by Crippen LogP contribution is -2.32. The third-order valence-electron chi connectivity index (χ3n) is 4.72. The van der Waals surface area contributed by atoms with E-state index in [0.717, 1.165) is 10.5 Å². The van der Waals surface area contributed by atoms with E-state index in [4.69, 9.17) is 27.9 Å². The molecule has 0 aromatic heterocycles. The molecule has 1 N–H and O–H groups in total. The molecule has 3 aromatic rings. The molecule has 8 heteroatoms. The average Bonchev–Trinajstić information content (AvgIpc) is 2.98. The van der Waals surface area contributed by atoms with Crippen LogP contribution in [0.3, 0.4) is 0 Å². The number of halogens is 2. The summed E-state index contributed by atoms with van der Waals surface area (Å²) in [4.78, 5) is 38.7. The zero-order valence-electron chi connectivity index (χ0n) is 16.8. The average molecular weight is 467 g/mol. The van der Waals surface area contributed by atoms with E-state index in [-0.39, 0.29) is 10.7 Å². The number of amides is 2. The SMILES string of the molecule is Cc1ccc(N2C(=O)C(Cl)=C(Nc3ccc(C(=O)Oc4cccc(Cl)c4)cc3)C2=O)cc1. The number of hydrogen-bond donors (Lipinski definition) is 1. The Hall–Kier alpha value is -3.61. The fourth-order valence-electron chi connectivity index (χ4n) is 3.07. The first-order valence-corrected chi connectivity index (χ1v) is 10.3. The largest absolute Gasteiger partial charge is 0.423 e. The van der Waals surface area contributed by atoms with E-state index >= 15 is 0 Å². The highest BCUT2D eigenvalue weighted by atomic mass is 35.5. The molecular formula is C24H16Cl2N2O4. The molecule has 0 saturated heterocycles. The molecule has 1 aliphatic rings. The molecule has 6 nitrogen and oxygen atoms in total. The second kappa shape index (κ2) is 8.86. The van der Waals surface area contributed by atoms with Crippen LogP contribution in [-0.2, 0) is 9.59 Å². The van der Waals surface area contributed by atoms with Crippen molar-refractivity contribution in [1.82, 2.24) is 0 Å². The van der Waals surface area contributed by atoms with Gasteiger partial charge < -0.3 is 10.1 Å². The second-order valence-electron chi connectivity index (χ2n) is 7.02. The Morgan fingerprint density at radius 3 is 2.25 bits per heavy atom. The maximum Gasteiger partial charge on any atom is 0.343 e. The lowest BCUT2D eigenvalue weighted by molar-refractivity contribution is -0.120. The highest BCUT2D eigenvalue weighted by Crippen LogP contribution is 2.30. The molecule has 0 spiro atoms. The number of rotatable bonds is 5. The number of nitrogens with zero attached hydrogens (tertiary/aromatic N) is 1. The third-order valence-corrected chi connectivity index (χ3v) is 5.30. The molecule has 1 heterocycles. The summed E-state index contributed by atoms with van der Waals surface area (Å²) in [5.41, 5.74) is 2.17. The number of esters is 1. The van der Waals surface area contributed by atoms with E-state index in [1.54, 1.807) is 54.6 Å². The molecule has 3 aromatic carbocycles. The summed E-state index contributed by atoms with van der Waals surface area (Å²) in [6.45, 7) is 1.91. The lowest BCUT2D eigenvalue weighted by Gasteiger charge is -2.15. The first-order valence-electron chi connectivity index (χ1n) is 9.53. The van der Waals surface area contributed by atoms with Gasteiger partial charge in [-0.05, 0) is 61.5 Å². The Bertz CT molecular complexity index is 1250. The molecule has 0 aliphatic carbocycles. The first-order chi connectivity index (χ1) is 15.3. The predicted octanol–water partition coefficient (Wildman–Crippen LogP) is 5.30. The Morgan fingerprint density at radius 2 is 1.59 bits per heavy atom. The predicted molar refractivity (Wildman–Crippen MR) is 123 cm³/mol. The molecule has 4 rings (SSSR count). The van der Waals surface area contributed by atoms with Crippen LogP contribution in [0.1, 0.15) is 15.9 Å². The molecule has 0 fully saturated rings. The van der Waals surface area contributed by atoms with Crippen molar-refractivity contribution in [3.05, 3.63) is 99.7 Å². The van der Waals surface area contributed by atoms with Gasteiger partial charge in [-0.25, -0.2) is 9.69 Å². The van der Waals surface area contributed by atoms with Crippen molar-refractivity contribution in [3.8, 4) is 5.75 Å². The van der Waals surface area contributed by atoms with Crippen molar-refractivity contribution in [1.29, 1.82) is 0 Å². The van der Waals surface area contributed by atoms with Crippen molar-refractivity contribution >= 4 is 52.4 Å². The Morgan fingerprint density at radius 1 is 0.906 bits per heavy atom. The summed E-state index contributed by atoms with van der Waals surface area (Å²) in [6, 6.07) is 19.7. The molecule has 1 aliphatic heterocycles. The number of ether oxygens (including phenoxy) is 1. The summed E-state index contributed by atoms with van der Waals surface area (Å²) in [5.74, 6) is -1.40. The second-order valence-corrected chi connectivity index (χ2v) is 7.83. The van der Waals surface area contributed by atoms with Crippen LogP contribution in [0.15, 0.2) is 83.5 Å². The molecule has 32 heavy (non-hydrogen) atoms. The zero-order valence-corrected chi connectivity index (χ0v) is 18.3. The van der Waals surface area contributed by atoms with Gasteiger partial charge in [-0.3, -0.25) is 9.59 Å². The summed E-state index contributed by atoms with van der Waals surface area (Å²) in [6.07, 6.45) is 0. The van der Waals surface area contributed by atoms with Gasteiger partial charge in [0.25, 0.3) is 11.8 Å². The minimum atomic E-state index is -0.607. The number of hydrogen-bond acceptors (Lipinski definition) is 5. The van der Waals surface area contributed by atoms with E-state index < -0.39 is 17.8 Å². The maximum absolute atomic E-state index is 12.8. The number of carbonyl (C=O) groups is 3. The van der Waals surface area contributed by atoms with E-state index in [9.17, 15) is 14.4 Å². The molecule has 2 amide bonds. The Balaban J connectivity index is 1.48. The van der Waals surface area contributed by atoms with E-state index in [1.165, 1.54) is 18.2 Å². The van der Waals surface area contributed by atoms with Crippen molar-refractivity contribution < 1.29 is 19.1 Å². The standard InChI is InChI=1S/C24H16Cl2N2O4/c1-14-5-11-18(12-6-14)28-22(29)20(26)21(23(28)30)27-17-9-7-15(8-10-17)24(31)32-19-4-2-3-16(25)13-19/h2-13,27H,1H3. The molecular weight excluding hydrogens is 451 g/mol. The summed E-state index contributed by atoms with van der Waals surface area (Å²) >= 11 is 12.1. The molecule has 0 unspecified atom stereocenters. The van der Waals surface area contributed by atoms with Crippen molar-refractivity contribution in [2.75, 3.05) is 10.2 Å². The summed E-state index contributed by atoms with van der Waals surface area (Å²) in [5, 5.41) is 3.12. The summed E-state index contributed by atoms with van der Waals surface area (Å²) in [7, 11) is 0. The number of carbonyl (C=O) groups excluding carboxylic acids is 3. The van der Waals surface area contributed by atoms with E-state index in [0.29, 0.717) is 27.7 Å². The van der Waals surface area contributed by atoms with Crippen LogP contribution in [0, 0.1) is 6.92 Å². The van der Waals surface area contributed by atoms with Crippen LogP contribution in [0.5, 0.6) is 5.75 Å². The fraction of sp³-hybridized carbons (Fsp3) is 0.0417. The third kappa shape index (κ3) is 4.37. The van der Waals surface area contributed by atoms with Crippen LogP contribution >= 0.6 is 23.2 Å². The zero-order chi connectivity index (χ0) is 22.8. The number of anilines is 2. The number of imide groups is 1. The van der Waals surface area contributed by atoms with Gasteiger partial charge in [-0.2, -0.15) is 0 Å². The minimum absolute atomic E-state index is 0.0357. The molecule has 160 valence electrons. The number of benzene rings is 3. The van der Waals surface area contributed by atoms with Gasteiger partial charge in [-0.1, -0.05) is 47.0 Å². The topological polar surface area (TPSA) is 75.7 Å². The van der Waals surface area contributed by atoms with Gasteiger partial charge in [0.15, 0.2) is 0 Å². The molecule has 0 saturated carbocycles. The minimum Gasteiger partial charge on any atom is -0.423 e. The van der Waals surface area contributed by atoms with Crippen molar-refractivity contribution in [2.24, 2.45) is 0 Å². The van der Waals surface area contributed by atoms with Gasteiger partial charge in [-0.15, -0.1) is 0 Å². The van der Waals surface area contributed by atoms with Gasteiger partial charge >= 0.3 is 5.97 Å². The van der Waals surface area contributed by atoms with Gasteiger partial charge in [0, 0.05) is 10.7 Å². The van der Waals surface area contributed by atoms with Crippen LogP contribution in [0.2, 0.25) is 5.02 Å². The highest BCUT2D eigenvalue weighted by Gasteiger charge is 2.38. The van der Waals surface area contributed by atoms with Crippen LogP contribution in [0.25, 0.3) is 0 Å². The monoisotopic (exact) mass is 466 g/mol. The smallest absolute Gasteiger partial charge is 0.343 e. The Labute approximate surface area is 194 Å². The summed E-state index contributed by atoms with van der Waals surface area (Å²) < 4.78 is 5.29. The van der Waals surface area contributed by atoms with Crippen LogP contribution < -0.4 is 15.0 Å². The molecule has 0 bridgehead atoms. The maximum atomic E-state index is 12.8. The lowest BCUT2D eigenvalue weighted by atomic mass is 10.2. The molecule has 0 atom stereocenters. The first kappa shape index (κ1) is 21.6. The quantitative estimate of drug-likeness (QED) is 0.313. The fourth-order valence-corrected chi connectivity index (χ4v) is 3.46. The number of nitrogens with one attached hydrogen (secondary N) is 1.